The molecule has 0 N–H and O–H groups in total. The third kappa shape index (κ3) is 3.88. The number of ether oxygens (including phenoxy) is 3. The molecular weight excluding hydrogens is 396 g/mol. The number of methoxy groups -OCH3 is 1. The minimum Gasteiger partial charge on any atom is -0.497 e. The number of carbonyl (C=O) groups excluding carboxylic acids is 1. The van der Waals surface area contributed by atoms with Crippen LogP contribution in [0, 0.1) is 0 Å². The van der Waals surface area contributed by atoms with Gasteiger partial charge in [0, 0.05) is 18.4 Å². The molecule has 146 valence electrons. The summed E-state index contributed by atoms with van der Waals surface area (Å²) < 4.78 is 19.2. The Morgan fingerprint density at radius 2 is 2.11 bits per heavy atom. The Balaban J connectivity index is 1.66. The summed E-state index contributed by atoms with van der Waals surface area (Å²) >= 11 is 3.28. The van der Waals surface area contributed by atoms with Crippen LogP contribution in [0.2, 0.25) is 0 Å². The van der Waals surface area contributed by atoms with Gasteiger partial charge in [0.1, 0.15) is 5.75 Å². The first-order valence-electron chi connectivity index (χ1n) is 8.80. The van der Waals surface area contributed by atoms with E-state index in [1.807, 2.05) is 36.4 Å². The quantitative estimate of drug-likeness (QED) is 0.616. The van der Waals surface area contributed by atoms with E-state index in [0.29, 0.717) is 16.3 Å². The predicted octanol–water partition coefficient (Wildman–Crippen LogP) is 3.47. The molecule has 1 aliphatic heterocycles. The SMILES string of the molecule is COc1ccc2sc(=NC(=O)Cc3ccc4c(c3)OCO4)n(CCSC)c2c1. The van der Waals surface area contributed by atoms with Crippen molar-refractivity contribution < 1.29 is 19.0 Å². The van der Waals surface area contributed by atoms with Crippen molar-refractivity contribution in [3.8, 4) is 17.2 Å². The average molecular weight is 417 g/mol. The molecule has 3 aromatic rings. The number of aryl methyl sites for hydroxylation is 1. The zero-order valence-electron chi connectivity index (χ0n) is 15.6. The second-order valence-corrected chi connectivity index (χ2v) is 8.23. The second-order valence-electron chi connectivity index (χ2n) is 6.23. The van der Waals surface area contributed by atoms with Crippen LogP contribution in [0.5, 0.6) is 17.2 Å². The van der Waals surface area contributed by atoms with Gasteiger partial charge in [-0.05, 0) is 36.1 Å². The molecule has 6 nitrogen and oxygen atoms in total. The monoisotopic (exact) mass is 416 g/mol. The number of fused-ring (bicyclic) bond motifs is 2. The molecule has 2 heterocycles. The summed E-state index contributed by atoms with van der Waals surface area (Å²) in [5.74, 6) is 2.93. The number of hydrogen-bond donors (Lipinski definition) is 0. The van der Waals surface area contributed by atoms with Crippen LogP contribution in [0.25, 0.3) is 10.2 Å². The van der Waals surface area contributed by atoms with Crippen LogP contribution in [0.1, 0.15) is 5.56 Å². The number of rotatable bonds is 6. The number of hydrogen-bond acceptors (Lipinski definition) is 6. The van der Waals surface area contributed by atoms with Crippen molar-refractivity contribution >= 4 is 39.2 Å². The van der Waals surface area contributed by atoms with Crippen LogP contribution < -0.4 is 19.0 Å². The highest BCUT2D eigenvalue weighted by Crippen LogP contribution is 2.32. The number of thiazole rings is 1. The molecule has 0 fully saturated rings. The Morgan fingerprint density at radius 3 is 2.93 bits per heavy atom. The lowest BCUT2D eigenvalue weighted by molar-refractivity contribution is -0.117. The van der Waals surface area contributed by atoms with Crippen molar-refractivity contribution in [2.24, 2.45) is 4.99 Å². The summed E-state index contributed by atoms with van der Waals surface area (Å²) in [4.78, 5) is 17.8. The van der Waals surface area contributed by atoms with E-state index in [9.17, 15) is 4.79 Å². The first kappa shape index (κ1) is 18.9. The first-order valence-corrected chi connectivity index (χ1v) is 11.0. The van der Waals surface area contributed by atoms with Crippen molar-refractivity contribution in [3.63, 3.8) is 0 Å². The molecule has 4 rings (SSSR count). The van der Waals surface area contributed by atoms with Crippen LogP contribution in [0.4, 0.5) is 0 Å². The molecule has 1 amide bonds. The lowest BCUT2D eigenvalue weighted by Crippen LogP contribution is -2.18. The largest absolute Gasteiger partial charge is 0.497 e. The molecule has 1 aromatic heterocycles. The van der Waals surface area contributed by atoms with E-state index in [4.69, 9.17) is 14.2 Å². The van der Waals surface area contributed by atoms with Gasteiger partial charge in [0.15, 0.2) is 16.3 Å². The van der Waals surface area contributed by atoms with Crippen LogP contribution in [-0.2, 0) is 17.8 Å². The highest BCUT2D eigenvalue weighted by molar-refractivity contribution is 7.98. The van der Waals surface area contributed by atoms with Crippen molar-refractivity contribution in [1.29, 1.82) is 0 Å². The summed E-state index contributed by atoms with van der Waals surface area (Å²) in [6.45, 7) is 1.00. The Kier molecular flexibility index (Phi) is 5.59. The van der Waals surface area contributed by atoms with Gasteiger partial charge in [0.2, 0.25) is 6.79 Å². The number of aromatic nitrogens is 1. The molecular formula is C20H20N2O4S2. The fraction of sp³-hybridized carbons (Fsp3) is 0.300. The normalized spacial score (nSPS) is 13.3. The predicted molar refractivity (Wildman–Crippen MR) is 112 cm³/mol. The molecule has 0 saturated heterocycles. The maximum atomic E-state index is 12.6. The van der Waals surface area contributed by atoms with E-state index < -0.39 is 0 Å². The standard InChI is InChI=1S/C20H20N2O4S2/c1-24-14-4-6-18-15(11-14)22(7-8-27-2)20(28-18)21-19(23)10-13-3-5-16-17(9-13)26-12-25-16/h3-6,9,11H,7-8,10,12H2,1-2H3. The van der Waals surface area contributed by atoms with E-state index in [1.165, 1.54) is 11.3 Å². The Labute approximate surface area is 170 Å². The second kappa shape index (κ2) is 8.28. The fourth-order valence-electron chi connectivity index (χ4n) is 3.03. The molecule has 0 aliphatic carbocycles. The van der Waals surface area contributed by atoms with Gasteiger partial charge in [-0.1, -0.05) is 17.4 Å². The zero-order valence-corrected chi connectivity index (χ0v) is 17.3. The van der Waals surface area contributed by atoms with Crippen LogP contribution in [0.15, 0.2) is 41.4 Å². The number of carbonyl (C=O) groups is 1. The van der Waals surface area contributed by atoms with Crippen molar-refractivity contribution in [3.05, 3.63) is 46.8 Å². The fourth-order valence-corrected chi connectivity index (χ4v) is 4.45. The minimum absolute atomic E-state index is 0.185. The van der Waals surface area contributed by atoms with E-state index in [0.717, 1.165) is 33.8 Å². The van der Waals surface area contributed by atoms with E-state index >= 15 is 0 Å². The van der Waals surface area contributed by atoms with Gasteiger partial charge in [-0.2, -0.15) is 16.8 Å². The summed E-state index contributed by atoms with van der Waals surface area (Å²) in [5.41, 5.74) is 1.89. The van der Waals surface area contributed by atoms with Crippen LogP contribution in [0.3, 0.4) is 0 Å². The van der Waals surface area contributed by atoms with Crippen molar-refractivity contribution in [1.82, 2.24) is 4.57 Å². The molecule has 1 aliphatic rings. The van der Waals surface area contributed by atoms with Gasteiger partial charge in [0.05, 0.1) is 23.7 Å². The number of benzene rings is 2. The van der Waals surface area contributed by atoms with E-state index in [2.05, 4.69) is 15.8 Å². The zero-order chi connectivity index (χ0) is 19.5. The van der Waals surface area contributed by atoms with Crippen molar-refractivity contribution in [2.75, 3.05) is 25.9 Å². The summed E-state index contributed by atoms with van der Waals surface area (Å²) in [6, 6.07) is 11.5. The average Bonchev–Trinajstić information content (AvgIpc) is 3.29. The van der Waals surface area contributed by atoms with Gasteiger partial charge in [-0.25, -0.2) is 0 Å². The van der Waals surface area contributed by atoms with Gasteiger partial charge >= 0.3 is 0 Å². The third-order valence-corrected chi connectivity index (χ3v) is 6.07. The summed E-state index contributed by atoms with van der Waals surface area (Å²) in [7, 11) is 1.65. The van der Waals surface area contributed by atoms with Gasteiger partial charge in [-0.15, -0.1) is 0 Å². The molecule has 28 heavy (non-hydrogen) atoms. The number of amides is 1. The van der Waals surface area contributed by atoms with Crippen molar-refractivity contribution in [2.45, 2.75) is 13.0 Å². The highest BCUT2D eigenvalue weighted by Gasteiger charge is 2.15. The van der Waals surface area contributed by atoms with E-state index in [-0.39, 0.29) is 19.1 Å². The van der Waals surface area contributed by atoms with Crippen LogP contribution in [-0.4, -0.2) is 36.4 Å². The molecule has 0 atom stereocenters. The first-order chi connectivity index (χ1) is 13.7. The lowest BCUT2D eigenvalue weighted by Gasteiger charge is -2.05. The lowest BCUT2D eigenvalue weighted by atomic mass is 10.1. The van der Waals surface area contributed by atoms with Gasteiger partial charge < -0.3 is 18.8 Å². The molecule has 0 spiro atoms. The van der Waals surface area contributed by atoms with E-state index in [1.54, 1.807) is 18.9 Å². The van der Waals surface area contributed by atoms with Crippen LogP contribution >= 0.6 is 23.1 Å². The molecule has 8 heteroatoms. The maximum Gasteiger partial charge on any atom is 0.252 e. The van der Waals surface area contributed by atoms with Gasteiger partial charge in [0.25, 0.3) is 5.91 Å². The Morgan fingerprint density at radius 1 is 1.25 bits per heavy atom. The highest BCUT2D eigenvalue weighted by atomic mass is 32.2. The molecule has 0 saturated carbocycles. The summed E-state index contributed by atoms with van der Waals surface area (Å²) in [5, 5.41) is 0. The smallest absolute Gasteiger partial charge is 0.252 e. The summed E-state index contributed by atoms with van der Waals surface area (Å²) in [6.07, 6.45) is 2.29. The minimum atomic E-state index is -0.185. The molecule has 0 bridgehead atoms. The topological polar surface area (TPSA) is 62.1 Å². The Bertz CT molecular complexity index is 1090. The number of nitrogens with zero attached hydrogens (tertiary/aromatic N) is 2. The molecule has 0 unspecified atom stereocenters. The number of thioether (sulfide) groups is 1. The Hall–Kier alpha value is -2.45. The van der Waals surface area contributed by atoms with Gasteiger partial charge in [-0.3, -0.25) is 4.79 Å². The maximum absolute atomic E-state index is 12.6. The third-order valence-electron chi connectivity index (χ3n) is 4.42. The molecule has 2 aromatic carbocycles. The molecule has 0 radical (unpaired) electrons.